The number of hydrogen-bond donors (Lipinski definition) is 1. The molecule has 0 amide bonds. The molecule has 3 nitrogen and oxygen atoms in total. The Bertz CT molecular complexity index is 289. The van der Waals surface area contributed by atoms with Gasteiger partial charge >= 0.3 is 0 Å². The second-order valence-electron chi connectivity index (χ2n) is 5.02. The Morgan fingerprint density at radius 1 is 1.47 bits per heavy atom. The fourth-order valence-corrected chi connectivity index (χ4v) is 3.21. The van der Waals surface area contributed by atoms with Gasteiger partial charge in [0.1, 0.15) is 11.4 Å². The number of ether oxygens (including phenoxy) is 1. The van der Waals surface area contributed by atoms with Crippen LogP contribution in [-0.4, -0.2) is 41.3 Å². The topological polar surface area (TPSA) is 32.7 Å². The van der Waals surface area contributed by atoms with Crippen LogP contribution in [0.1, 0.15) is 32.1 Å². The quantitative estimate of drug-likeness (QED) is 0.706. The van der Waals surface area contributed by atoms with Gasteiger partial charge in [-0.15, -0.1) is 0 Å². The van der Waals surface area contributed by atoms with E-state index in [1.54, 1.807) is 0 Å². The highest BCUT2D eigenvalue weighted by Gasteiger charge is 2.44. The largest absolute Gasteiger partial charge is 0.495 e. The van der Waals surface area contributed by atoms with Crippen LogP contribution >= 0.6 is 0 Å². The number of piperidine rings is 1. The van der Waals surface area contributed by atoms with Crippen LogP contribution in [0, 0.1) is 0 Å². The molecular weight excluding hydrogens is 190 g/mol. The summed E-state index contributed by atoms with van der Waals surface area (Å²) in [6, 6.07) is 0.592. The predicted octanol–water partition coefficient (Wildman–Crippen LogP) is 1.28. The first kappa shape index (κ1) is 9.67. The molecule has 2 saturated heterocycles. The summed E-state index contributed by atoms with van der Waals surface area (Å²) in [5.74, 6) is 0.856. The number of aliphatic hydroxyl groups is 1. The monoisotopic (exact) mass is 209 g/mol. The van der Waals surface area contributed by atoms with Crippen molar-refractivity contribution in [3.63, 3.8) is 0 Å². The number of fused-ring (bicyclic) bond motifs is 1. The van der Waals surface area contributed by atoms with Gasteiger partial charge in [0, 0.05) is 19.0 Å². The molecule has 3 heterocycles. The third kappa shape index (κ3) is 1.58. The third-order valence-electron chi connectivity index (χ3n) is 4.05. The Labute approximate surface area is 90.7 Å². The van der Waals surface area contributed by atoms with E-state index in [0.29, 0.717) is 6.04 Å². The molecule has 1 N–H and O–H groups in total. The van der Waals surface area contributed by atoms with E-state index in [2.05, 4.69) is 11.0 Å². The Hall–Kier alpha value is -0.540. The molecule has 3 aliphatic heterocycles. The van der Waals surface area contributed by atoms with Crippen molar-refractivity contribution in [1.29, 1.82) is 0 Å². The maximum Gasteiger partial charge on any atom is 0.124 e. The summed E-state index contributed by atoms with van der Waals surface area (Å²) >= 11 is 0. The van der Waals surface area contributed by atoms with Crippen LogP contribution in [0.2, 0.25) is 0 Å². The van der Waals surface area contributed by atoms with E-state index >= 15 is 0 Å². The van der Waals surface area contributed by atoms with Crippen molar-refractivity contribution in [2.45, 2.75) is 43.7 Å². The van der Waals surface area contributed by atoms with Crippen LogP contribution < -0.4 is 0 Å². The summed E-state index contributed by atoms with van der Waals surface area (Å²) in [5, 5.41) is 10.6. The maximum atomic E-state index is 10.6. The van der Waals surface area contributed by atoms with E-state index in [1.807, 2.05) is 0 Å². The van der Waals surface area contributed by atoms with Gasteiger partial charge in [0.15, 0.2) is 0 Å². The van der Waals surface area contributed by atoms with E-state index < -0.39 is 5.60 Å². The van der Waals surface area contributed by atoms with Gasteiger partial charge in [-0.25, -0.2) is 0 Å². The van der Waals surface area contributed by atoms with Crippen molar-refractivity contribution in [2.75, 3.05) is 19.7 Å². The molecule has 84 valence electrons. The van der Waals surface area contributed by atoms with E-state index in [0.717, 1.165) is 38.2 Å². The van der Waals surface area contributed by atoms with Crippen LogP contribution in [0.3, 0.4) is 0 Å². The lowest BCUT2D eigenvalue weighted by molar-refractivity contribution is -0.0427. The molecule has 0 bridgehead atoms. The predicted molar refractivity (Wildman–Crippen MR) is 57.4 cm³/mol. The molecule has 0 radical (unpaired) electrons. The minimum atomic E-state index is -0.651. The molecule has 2 fully saturated rings. The second-order valence-corrected chi connectivity index (χ2v) is 5.02. The lowest BCUT2D eigenvalue weighted by Crippen LogP contribution is -2.48. The first-order chi connectivity index (χ1) is 7.28. The summed E-state index contributed by atoms with van der Waals surface area (Å²) in [5.41, 5.74) is -0.651. The number of hydrogen-bond acceptors (Lipinski definition) is 3. The molecule has 3 aliphatic rings. The van der Waals surface area contributed by atoms with Crippen molar-refractivity contribution in [2.24, 2.45) is 0 Å². The summed E-state index contributed by atoms with van der Waals surface area (Å²) in [6.07, 6.45) is 7.29. The van der Waals surface area contributed by atoms with Crippen molar-refractivity contribution in [1.82, 2.24) is 4.90 Å². The van der Waals surface area contributed by atoms with Crippen LogP contribution in [0.5, 0.6) is 0 Å². The summed E-state index contributed by atoms with van der Waals surface area (Å²) < 4.78 is 5.54. The Balaban J connectivity index is 1.76. The highest BCUT2D eigenvalue weighted by molar-refractivity contribution is 5.16. The second kappa shape index (κ2) is 3.49. The molecule has 0 spiro atoms. The van der Waals surface area contributed by atoms with Gasteiger partial charge in [-0.1, -0.05) is 0 Å². The summed E-state index contributed by atoms with van der Waals surface area (Å²) in [7, 11) is 0. The molecule has 0 aromatic rings. The Morgan fingerprint density at radius 3 is 3.20 bits per heavy atom. The first-order valence-electron chi connectivity index (χ1n) is 6.08. The first-order valence-corrected chi connectivity index (χ1v) is 6.08. The molecule has 0 saturated carbocycles. The van der Waals surface area contributed by atoms with E-state index in [9.17, 15) is 5.11 Å². The zero-order chi connectivity index (χ0) is 10.3. The van der Waals surface area contributed by atoms with Crippen molar-refractivity contribution < 1.29 is 9.84 Å². The Morgan fingerprint density at radius 2 is 2.40 bits per heavy atom. The number of nitrogens with zero attached hydrogens (tertiary/aromatic N) is 1. The van der Waals surface area contributed by atoms with Crippen LogP contribution in [0.25, 0.3) is 0 Å². The summed E-state index contributed by atoms with van der Waals surface area (Å²) in [4.78, 5) is 2.52. The molecule has 2 atom stereocenters. The zero-order valence-electron chi connectivity index (χ0n) is 9.11. The maximum absolute atomic E-state index is 10.6. The molecule has 15 heavy (non-hydrogen) atoms. The van der Waals surface area contributed by atoms with Crippen molar-refractivity contribution >= 4 is 0 Å². The average Bonchev–Trinajstić information content (AvgIpc) is 2.87. The molecule has 0 aromatic carbocycles. The van der Waals surface area contributed by atoms with Crippen molar-refractivity contribution in [3.8, 4) is 0 Å². The van der Waals surface area contributed by atoms with Gasteiger partial charge in [0.2, 0.25) is 0 Å². The lowest BCUT2D eigenvalue weighted by atomic mass is 9.85. The molecule has 3 rings (SSSR count). The molecule has 0 aromatic heterocycles. The minimum absolute atomic E-state index is 0.592. The number of rotatable bonds is 1. The molecule has 0 aliphatic carbocycles. The van der Waals surface area contributed by atoms with Gasteiger partial charge in [0.25, 0.3) is 0 Å². The average molecular weight is 209 g/mol. The van der Waals surface area contributed by atoms with Gasteiger partial charge in [-0.05, 0) is 38.3 Å². The van der Waals surface area contributed by atoms with Crippen LogP contribution in [0.4, 0.5) is 0 Å². The molecule has 3 heteroatoms. The normalized spacial score (nSPS) is 41.1. The van der Waals surface area contributed by atoms with Crippen LogP contribution in [-0.2, 0) is 4.74 Å². The molecular formula is C12H19NO2. The molecule has 2 unspecified atom stereocenters. The summed E-state index contributed by atoms with van der Waals surface area (Å²) in [6.45, 7) is 3.01. The SMILES string of the molecule is OC1(C2=CCCO2)CCN2CCCC2C1. The van der Waals surface area contributed by atoms with Crippen molar-refractivity contribution in [3.05, 3.63) is 11.8 Å². The smallest absolute Gasteiger partial charge is 0.124 e. The zero-order valence-corrected chi connectivity index (χ0v) is 9.11. The van der Waals surface area contributed by atoms with E-state index in [-0.39, 0.29) is 0 Å². The van der Waals surface area contributed by atoms with Crippen LogP contribution in [0.15, 0.2) is 11.8 Å². The Kier molecular flexibility index (Phi) is 2.25. The highest BCUT2D eigenvalue weighted by atomic mass is 16.5. The van der Waals surface area contributed by atoms with Gasteiger partial charge in [-0.2, -0.15) is 0 Å². The standard InChI is InChI=1S/C12H19NO2/c14-12(11-4-2-8-15-11)5-7-13-6-1-3-10(13)9-12/h4,10,14H,1-3,5-9H2. The fraction of sp³-hybridized carbons (Fsp3) is 0.833. The van der Waals surface area contributed by atoms with Gasteiger partial charge < -0.3 is 14.7 Å². The third-order valence-corrected chi connectivity index (χ3v) is 4.05. The minimum Gasteiger partial charge on any atom is -0.495 e. The highest BCUT2D eigenvalue weighted by Crippen LogP contribution is 2.38. The fourth-order valence-electron chi connectivity index (χ4n) is 3.21. The van der Waals surface area contributed by atoms with E-state index in [1.165, 1.54) is 19.4 Å². The van der Waals surface area contributed by atoms with E-state index in [4.69, 9.17) is 4.74 Å². The lowest BCUT2D eigenvalue weighted by Gasteiger charge is -2.40. The van der Waals surface area contributed by atoms with Gasteiger partial charge in [0.05, 0.1) is 6.61 Å². The van der Waals surface area contributed by atoms with Gasteiger partial charge in [-0.3, -0.25) is 0 Å².